The van der Waals surface area contributed by atoms with Gasteiger partial charge in [0.15, 0.2) is 5.82 Å². The summed E-state index contributed by atoms with van der Waals surface area (Å²) in [5.41, 5.74) is 0.808. The molecule has 0 amide bonds. The highest BCUT2D eigenvalue weighted by molar-refractivity contribution is 5.91. The first-order valence-electron chi connectivity index (χ1n) is 6.66. The highest BCUT2D eigenvalue weighted by atomic mass is 16.4. The van der Waals surface area contributed by atoms with Gasteiger partial charge in [-0.05, 0) is 29.3 Å². The molecule has 2 aromatic heterocycles. The number of hydrogen-bond acceptors (Lipinski definition) is 5. The molecule has 106 valence electrons. The number of tetrazole rings is 1. The van der Waals surface area contributed by atoms with Gasteiger partial charge >= 0.3 is 5.97 Å². The third kappa shape index (κ3) is 1.81. The monoisotopic (exact) mass is 284 g/mol. The summed E-state index contributed by atoms with van der Waals surface area (Å²) in [7, 11) is 0. The van der Waals surface area contributed by atoms with Crippen molar-refractivity contribution in [1.29, 1.82) is 0 Å². The van der Waals surface area contributed by atoms with Crippen LogP contribution in [0.4, 0.5) is 0 Å². The van der Waals surface area contributed by atoms with Gasteiger partial charge in [0.05, 0.1) is 17.5 Å². The van der Waals surface area contributed by atoms with Crippen LogP contribution in [-0.2, 0) is 11.3 Å². The first-order valence-corrected chi connectivity index (χ1v) is 6.66. The third-order valence-electron chi connectivity index (χ3n) is 4.01. The van der Waals surface area contributed by atoms with Crippen molar-refractivity contribution < 1.29 is 14.3 Å². The molecule has 1 N–H and O–H groups in total. The van der Waals surface area contributed by atoms with Crippen molar-refractivity contribution in [2.24, 2.45) is 5.41 Å². The van der Waals surface area contributed by atoms with Crippen molar-refractivity contribution in [3.8, 4) is 11.4 Å². The van der Waals surface area contributed by atoms with Crippen LogP contribution in [0.2, 0.25) is 0 Å². The lowest BCUT2D eigenvalue weighted by Gasteiger charge is -2.10. The van der Waals surface area contributed by atoms with Crippen LogP contribution >= 0.6 is 0 Å². The largest absolute Gasteiger partial charge is 0.481 e. The number of carbonyl (C=O) groups is 1. The van der Waals surface area contributed by atoms with E-state index in [4.69, 9.17) is 4.42 Å². The predicted molar refractivity (Wildman–Crippen MR) is 72.3 cm³/mol. The predicted octanol–water partition coefficient (Wildman–Crippen LogP) is 1.95. The molecule has 3 aromatic rings. The fourth-order valence-electron chi connectivity index (χ4n) is 2.53. The van der Waals surface area contributed by atoms with Crippen LogP contribution in [0.15, 0.2) is 34.9 Å². The zero-order valence-corrected chi connectivity index (χ0v) is 11.1. The minimum absolute atomic E-state index is 0.282. The Bertz CT molecular complexity index is 831. The summed E-state index contributed by atoms with van der Waals surface area (Å²) >= 11 is 0. The van der Waals surface area contributed by atoms with E-state index in [2.05, 4.69) is 15.5 Å². The van der Waals surface area contributed by atoms with Crippen molar-refractivity contribution in [3.63, 3.8) is 0 Å². The van der Waals surface area contributed by atoms with Gasteiger partial charge < -0.3 is 9.52 Å². The zero-order valence-electron chi connectivity index (χ0n) is 11.1. The van der Waals surface area contributed by atoms with Gasteiger partial charge in [0.1, 0.15) is 11.8 Å². The van der Waals surface area contributed by atoms with Crippen LogP contribution < -0.4 is 0 Å². The average molecular weight is 284 g/mol. The van der Waals surface area contributed by atoms with Gasteiger partial charge in [-0.15, -0.1) is 5.10 Å². The Balaban J connectivity index is 1.77. The minimum atomic E-state index is -0.791. The topological polar surface area (TPSA) is 94.0 Å². The number of carboxylic acids is 1. The summed E-state index contributed by atoms with van der Waals surface area (Å²) in [6.07, 6.45) is 2.93. The van der Waals surface area contributed by atoms with Gasteiger partial charge in [-0.1, -0.05) is 18.2 Å². The molecule has 1 aliphatic carbocycles. The van der Waals surface area contributed by atoms with Crippen LogP contribution in [0.3, 0.4) is 0 Å². The summed E-state index contributed by atoms with van der Waals surface area (Å²) in [5.74, 6) is -0.256. The quantitative estimate of drug-likeness (QED) is 0.787. The highest BCUT2D eigenvalue weighted by Crippen LogP contribution is 2.47. The molecule has 0 unspecified atom stereocenters. The van der Waals surface area contributed by atoms with Crippen LogP contribution in [-0.4, -0.2) is 31.3 Å². The van der Waals surface area contributed by atoms with Gasteiger partial charge in [-0.3, -0.25) is 4.79 Å². The van der Waals surface area contributed by atoms with Gasteiger partial charge in [0, 0.05) is 5.39 Å². The fraction of sp³-hybridized carbons (Fsp3) is 0.286. The summed E-state index contributed by atoms with van der Waals surface area (Å²) in [6.45, 7) is 0.282. The van der Waals surface area contributed by atoms with Crippen molar-refractivity contribution in [1.82, 2.24) is 20.2 Å². The van der Waals surface area contributed by atoms with E-state index >= 15 is 0 Å². The summed E-state index contributed by atoms with van der Waals surface area (Å²) in [6, 6.07) is 7.60. The first kappa shape index (κ1) is 12.1. The fourth-order valence-corrected chi connectivity index (χ4v) is 2.53. The number of rotatable bonds is 4. The standard InChI is InChI=1S/C14H12N4O3/c19-13(20)14(5-6-14)8-18-12(15-16-17-18)10-7-21-11-4-2-1-3-9(10)11/h1-4,7H,5-6,8H2,(H,19,20). The van der Waals surface area contributed by atoms with Crippen LogP contribution in [0.5, 0.6) is 0 Å². The average Bonchev–Trinajstić information content (AvgIpc) is 2.94. The summed E-state index contributed by atoms with van der Waals surface area (Å²) < 4.78 is 7.05. The number of carboxylic acid groups (broad SMARTS) is 1. The number of para-hydroxylation sites is 1. The second-order valence-corrected chi connectivity index (χ2v) is 5.39. The molecule has 1 aliphatic rings. The molecule has 7 nitrogen and oxygen atoms in total. The van der Waals surface area contributed by atoms with E-state index in [1.807, 2.05) is 24.3 Å². The first-order chi connectivity index (χ1) is 10.2. The Kier molecular flexibility index (Phi) is 2.38. The maximum Gasteiger partial charge on any atom is 0.311 e. The SMILES string of the molecule is O=C(O)C1(Cn2nnnc2-c2coc3ccccc23)CC1. The maximum atomic E-state index is 11.3. The lowest BCUT2D eigenvalue weighted by Crippen LogP contribution is -2.22. The van der Waals surface area contributed by atoms with E-state index < -0.39 is 11.4 Å². The van der Waals surface area contributed by atoms with Crippen LogP contribution in [0.25, 0.3) is 22.4 Å². The van der Waals surface area contributed by atoms with Gasteiger partial charge in [0.2, 0.25) is 0 Å². The molecule has 0 saturated heterocycles. The van der Waals surface area contributed by atoms with E-state index in [1.54, 1.807) is 10.9 Å². The molecule has 4 rings (SSSR count). The van der Waals surface area contributed by atoms with E-state index in [9.17, 15) is 9.90 Å². The van der Waals surface area contributed by atoms with Crippen LogP contribution in [0, 0.1) is 5.41 Å². The van der Waals surface area contributed by atoms with Crippen molar-refractivity contribution in [2.75, 3.05) is 0 Å². The molecule has 0 bridgehead atoms. The Morgan fingerprint density at radius 3 is 2.95 bits per heavy atom. The summed E-state index contributed by atoms with van der Waals surface area (Å²) in [4.78, 5) is 11.3. The normalized spacial score (nSPS) is 16.2. The van der Waals surface area contributed by atoms with Crippen molar-refractivity contribution >= 4 is 16.9 Å². The number of nitrogens with zero attached hydrogens (tertiary/aromatic N) is 4. The van der Waals surface area contributed by atoms with Crippen molar-refractivity contribution in [3.05, 3.63) is 30.5 Å². The minimum Gasteiger partial charge on any atom is -0.481 e. The van der Waals surface area contributed by atoms with E-state index in [0.717, 1.165) is 16.5 Å². The molecule has 7 heteroatoms. The summed E-state index contributed by atoms with van der Waals surface area (Å²) in [5, 5.41) is 21.9. The number of fused-ring (bicyclic) bond motifs is 1. The second kappa shape index (κ2) is 4.15. The molecule has 1 fully saturated rings. The van der Waals surface area contributed by atoms with E-state index in [1.165, 1.54) is 0 Å². The van der Waals surface area contributed by atoms with Crippen LogP contribution in [0.1, 0.15) is 12.8 Å². The van der Waals surface area contributed by atoms with Gasteiger partial charge in [-0.25, -0.2) is 4.68 Å². The molecule has 0 radical (unpaired) electrons. The number of furan rings is 1. The van der Waals surface area contributed by atoms with Gasteiger partial charge in [0.25, 0.3) is 0 Å². The number of aromatic nitrogens is 4. The van der Waals surface area contributed by atoms with E-state index in [-0.39, 0.29) is 6.54 Å². The maximum absolute atomic E-state index is 11.3. The Morgan fingerprint density at radius 2 is 2.19 bits per heavy atom. The molecule has 0 spiro atoms. The molecule has 2 heterocycles. The van der Waals surface area contributed by atoms with Gasteiger partial charge in [-0.2, -0.15) is 0 Å². The molecule has 0 aliphatic heterocycles. The molecule has 21 heavy (non-hydrogen) atoms. The Hall–Kier alpha value is -2.70. The lowest BCUT2D eigenvalue weighted by molar-refractivity contribution is -0.144. The number of aliphatic carboxylic acids is 1. The second-order valence-electron chi connectivity index (χ2n) is 5.39. The number of hydrogen-bond donors (Lipinski definition) is 1. The Morgan fingerprint density at radius 1 is 1.38 bits per heavy atom. The smallest absolute Gasteiger partial charge is 0.311 e. The number of benzene rings is 1. The van der Waals surface area contributed by atoms with Crippen molar-refractivity contribution in [2.45, 2.75) is 19.4 Å². The zero-order chi connectivity index (χ0) is 14.4. The highest BCUT2D eigenvalue weighted by Gasteiger charge is 2.51. The lowest BCUT2D eigenvalue weighted by atomic mass is 10.1. The van der Waals surface area contributed by atoms with E-state index in [0.29, 0.717) is 18.7 Å². The molecule has 1 saturated carbocycles. The molecule has 1 aromatic carbocycles. The third-order valence-corrected chi connectivity index (χ3v) is 4.01. The molecular weight excluding hydrogens is 272 g/mol. The molecule has 0 atom stereocenters. The molecular formula is C14H12N4O3. The Labute approximate surface area is 119 Å².